The van der Waals surface area contributed by atoms with E-state index in [9.17, 15) is 4.79 Å². The average Bonchev–Trinajstić information content (AvgIpc) is 2.97. The van der Waals surface area contributed by atoms with E-state index < -0.39 is 0 Å². The van der Waals surface area contributed by atoms with Gasteiger partial charge in [-0.15, -0.1) is 0 Å². The van der Waals surface area contributed by atoms with Crippen LogP contribution in [0.4, 0.5) is 0 Å². The summed E-state index contributed by atoms with van der Waals surface area (Å²) in [5.74, 6) is 0.634. The predicted molar refractivity (Wildman–Crippen MR) is 82.4 cm³/mol. The second-order valence-electron chi connectivity index (χ2n) is 5.08. The van der Waals surface area contributed by atoms with Gasteiger partial charge >= 0.3 is 0 Å². The summed E-state index contributed by atoms with van der Waals surface area (Å²) in [5.41, 5.74) is 2.32. The lowest BCUT2D eigenvalue weighted by atomic mass is 10.3. The fraction of sp³-hybridized carbons (Fsp3) is 0.250. The highest BCUT2D eigenvalue weighted by Crippen LogP contribution is 2.10. The summed E-state index contributed by atoms with van der Waals surface area (Å²) in [6, 6.07) is 5.81. The Morgan fingerprint density at radius 1 is 1.18 bits per heavy atom. The molecule has 112 valence electrons. The highest BCUT2D eigenvalue weighted by molar-refractivity contribution is 5.93. The standard InChI is InChI=1S/C16H17N5O/c1-3-14-17-8-12(9-18-14)16(22)20(2)11-13-10-19-15-6-4-5-7-21(13)15/h4-10H,3,11H2,1-2H3. The molecule has 0 N–H and O–H groups in total. The highest BCUT2D eigenvalue weighted by Gasteiger charge is 2.14. The Morgan fingerprint density at radius 3 is 2.68 bits per heavy atom. The van der Waals surface area contributed by atoms with Crippen LogP contribution in [0.5, 0.6) is 0 Å². The van der Waals surface area contributed by atoms with Crippen molar-refractivity contribution in [1.82, 2.24) is 24.3 Å². The molecule has 22 heavy (non-hydrogen) atoms. The van der Waals surface area contributed by atoms with Crippen LogP contribution in [0.25, 0.3) is 5.65 Å². The second-order valence-corrected chi connectivity index (χ2v) is 5.08. The SMILES string of the molecule is CCc1ncc(C(=O)N(C)Cc2cnc3ccccn23)cn1. The van der Waals surface area contributed by atoms with Crippen LogP contribution in [-0.2, 0) is 13.0 Å². The van der Waals surface area contributed by atoms with E-state index in [2.05, 4.69) is 15.0 Å². The zero-order valence-electron chi connectivity index (χ0n) is 12.6. The molecule has 0 aliphatic heterocycles. The highest BCUT2D eigenvalue weighted by atomic mass is 16.2. The summed E-state index contributed by atoms with van der Waals surface area (Å²) in [5, 5.41) is 0. The Morgan fingerprint density at radius 2 is 1.95 bits per heavy atom. The largest absolute Gasteiger partial charge is 0.336 e. The van der Waals surface area contributed by atoms with Crippen molar-refractivity contribution < 1.29 is 4.79 Å². The van der Waals surface area contributed by atoms with E-state index in [4.69, 9.17) is 0 Å². The lowest BCUT2D eigenvalue weighted by molar-refractivity contribution is 0.0782. The number of aromatic nitrogens is 4. The van der Waals surface area contributed by atoms with Crippen molar-refractivity contribution in [2.45, 2.75) is 19.9 Å². The van der Waals surface area contributed by atoms with E-state index in [1.807, 2.05) is 35.7 Å². The number of nitrogens with zero attached hydrogens (tertiary/aromatic N) is 5. The molecule has 0 spiro atoms. The molecule has 0 aromatic carbocycles. The van der Waals surface area contributed by atoms with Gasteiger partial charge in [-0.3, -0.25) is 4.79 Å². The van der Waals surface area contributed by atoms with Crippen LogP contribution in [0, 0.1) is 0 Å². The first-order valence-electron chi connectivity index (χ1n) is 7.16. The number of aryl methyl sites for hydroxylation is 1. The van der Waals surface area contributed by atoms with Gasteiger partial charge in [0.15, 0.2) is 0 Å². The third-order valence-electron chi connectivity index (χ3n) is 3.51. The Kier molecular flexibility index (Phi) is 3.82. The molecule has 6 heteroatoms. The second kappa shape index (κ2) is 5.93. The van der Waals surface area contributed by atoms with Gasteiger partial charge in [0.25, 0.3) is 5.91 Å². The fourth-order valence-corrected chi connectivity index (χ4v) is 2.28. The van der Waals surface area contributed by atoms with E-state index in [0.717, 1.165) is 23.6 Å². The number of rotatable bonds is 4. The molecule has 0 aliphatic rings. The van der Waals surface area contributed by atoms with Crippen molar-refractivity contribution in [3.63, 3.8) is 0 Å². The summed E-state index contributed by atoms with van der Waals surface area (Å²) in [6.07, 6.45) is 7.65. The molecule has 3 heterocycles. The monoisotopic (exact) mass is 295 g/mol. The van der Waals surface area contributed by atoms with E-state index in [0.29, 0.717) is 12.1 Å². The maximum Gasteiger partial charge on any atom is 0.257 e. The third kappa shape index (κ3) is 2.67. The predicted octanol–water partition coefficient (Wildman–Crippen LogP) is 1.96. The van der Waals surface area contributed by atoms with Crippen LogP contribution in [0.3, 0.4) is 0 Å². The van der Waals surface area contributed by atoms with Crippen LogP contribution in [0.1, 0.15) is 28.8 Å². The zero-order valence-corrected chi connectivity index (χ0v) is 12.6. The normalized spacial score (nSPS) is 10.8. The Labute approximate surface area is 128 Å². The number of fused-ring (bicyclic) bond motifs is 1. The molecule has 3 aromatic heterocycles. The minimum Gasteiger partial charge on any atom is -0.336 e. The first-order valence-corrected chi connectivity index (χ1v) is 7.16. The molecule has 0 radical (unpaired) electrons. The molecule has 6 nitrogen and oxygen atoms in total. The van der Waals surface area contributed by atoms with Crippen LogP contribution in [0.15, 0.2) is 43.0 Å². The van der Waals surface area contributed by atoms with Crippen molar-refractivity contribution in [2.75, 3.05) is 7.05 Å². The van der Waals surface area contributed by atoms with Gasteiger partial charge in [0.05, 0.1) is 24.0 Å². The molecule has 1 amide bonds. The average molecular weight is 295 g/mol. The van der Waals surface area contributed by atoms with Gasteiger partial charge in [0, 0.05) is 32.1 Å². The minimum absolute atomic E-state index is 0.103. The maximum atomic E-state index is 12.4. The topological polar surface area (TPSA) is 63.4 Å². The molecule has 3 aromatic rings. The van der Waals surface area contributed by atoms with E-state index in [1.54, 1.807) is 30.5 Å². The molecule has 0 fully saturated rings. The Hall–Kier alpha value is -2.76. The van der Waals surface area contributed by atoms with Crippen molar-refractivity contribution in [1.29, 1.82) is 0 Å². The van der Waals surface area contributed by atoms with Gasteiger partial charge in [-0.1, -0.05) is 13.0 Å². The summed E-state index contributed by atoms with van der Waals surface area (Å²) < 4.78 is 1.97. The number of amides is 1. The van der Waals surface area contributed by atoms with Gasteiger partial charge in [-0.05, 0) is 12.1 Å². The van der Waals surface area contributed by atoms with Crippen LogP contribution in [-0.4, -0.2) is 37.2 Å². The minimum atomic E-state index is -0.103. The molecule has 3 rings (SSSR count). The van der Waals surface area contributed by atoms with Crippen LogP contribution >= 0.6 is 0 Å². The molecule has 0 atom stereocenters. The quantitative estimate of drug-likeness (QED) is 0.738. The van der Waals surface area contributed by atoms with E-state index >= 15 is 0 Å². The number of pyridine rings is 1. The van der Waals surface area contributed by atoms with Crippen LogP contribution < -0.4 is 0 Å². The van der Waals surface area contributed by atoms with Gasteiger partial charge in [0.2, 0.25) is 0 Å². The molecule has 0 aliphatic carbocycles. The van der Waals surface area contributed by atoms with Gasteiger partial charge < -0.3 is 9.30 Å². The van der Waals surface area contributed by atoms with E-state index in [1.165, 1.54) is 0 Å². The fourth-order valence-electron chi connectivity index (χ4n) is 2.28. The number of hydrogen-bond acceptors (Lipinski definition) is 4. The Balaban J connectivity index is 1.78. The maximum absolute atomic E-state index is 12.4. The van der Waals surface area contributed by atoms with Crippen molar-refractivity contribution in [3.8, 4) is 0 Å². The lowest BCUT2D eigenvalue weighted by Gasteiger charge is -2.16. The third-order valence-corrected chi connectivity index (χ3v) is 3.51. The first kappa shape index (κ1) is 14.2. The molecule has 0 bridgehead atoms. The summed E-state index contributed by atoms with van der Waals surface area (Å²) in [6.45, 7) is 2.45. The van der Waals surface area contributed by atoms with Crippen molar-refractivity contribution in [2.24, 2.45) is 0 Å². The van der Waals surface area contributed by atoms with E-state index in [-0.39, 0.29) is 5.91 Å². The molecular weight excluding hydrogens is 278 g/mol. The summed E-state index contributed by atoms with van der Waals surface area (Å²) >= 11 is 0. The van der Waals surface area contributed by atoms with Gasteiger partial charge in [-0.25, -0.2) is 15.0 Å². The number of hydrogen-bond donors (Lipinski definition) is 0. The van der Waals surface area contributed by atoms with Gasteiger partial charge in [0.1, 0.15) is 11.5 Å². The summed E-state index contributed by atoms with van der Waals surface area (Å²) in [4.78, 5) is 26.7. The molecule has 0 unspecified atom stereocenters. The Bertz CT molecular complexity index is 794. The molecular formula is C16H17N5O. The van der Waals surface area contributed by atoms with Gasteiger partial charge in [-0.2, -0.15) is 0 Å². The lowest BCUT2D eigenvalue weighted by Crippen LogP contribution is -2.27. The zero-order chi connectivity index (χ0) is 15.5. The number of carbonyl (C=O) groups excluding carboxylic acids is 1. The number of carbonyl (C=O) groups is 1. The summed E-state index contributed by atoms with van der Waals surface area (Å²) in [7, 11) is 1.76. The van der Waals surface area contributed by atoms with Crippen LogP contribution in [0.2, 0.25) is 0 Å². The molecule has 0 saturated carbocycles. The van der Waals surface area contributed by atoms with Crippen molar-refractivity contribution >= 4 is 11.6 Å². The first-order chi connectivity index (χ1) is 10.7. The smallest absolute Gasteiger partial charge is 0.257 e. The molecule has 0 saturated heterocycles. The van der Waals surface area contributed by atoms with Crippen molar-refractivity contribution in [3.05, 3.63) is 60.1 Å². The number of imidazole rings is 1.